The third kappa shape index (κ3) is 2.92. The zero-order valence-electron chi connectivity index (χ0n) is 10.5. The van der Waals surface area contributed by atoms with Gasteiger partial charge in [-0.25, -0.2) is 9.97 Å². The molecule has 0 spiro atoms. The largest absolute Gasteiger partial charge is 0.337 e. The van der Waals surface area contributed by atoms with Crippen LogP contribution in [0.25, 0.3) is 0 Å². The normalized spacial score (nSPS) is 12.9. The average Bonchev–Trinajstić information content (AvgIpc) is 2.94. The number of rotatable bonds is 5. The van der Waals surface area contributed by atoms with E-state index in [1.54, 1.807) is 11.3 Å². The van der Waals surface area contributed by atoms with Crippen LogP contribution in [-0.4, -0.2) is 14.5 Å². The fourth-order valence-electron chi connectivity index (χ4n) is 1.72. The van der Waals surface area contributed by atoms with Crippen LogP contribution in [-0.2, 0) is 20.0 Å². The standard InChI is InChI=1S/C12H18N4S/c1-4-10-7-15-11(17-10)8-14-9(2)12-13-5-6-16(12)3/h5-7,9,14H,4,8H2,1-3H3. The molecule has 2 heterocycles. The Labute approximate surface area is 106 Å². The summed E-state index contributed by atoms with van der Waals surface area (Å²) in [6.45, 7) is 5.08. The molecule has 1 unspecified atom stereocenters. The molecule has 0 aromatic carbocycles. The predicted molar refractivity (Wildman–Crippen MR) is 70.0 cm³/mol. The predicted octanol–water partition coefficient (Wildman–Crippen LogP) is 2.29. The SMILES string of the molecule is CCc1cnc(CNC(C)c2nccn2C)s1. The van der Waals surface area contributed by atoms with E-state index in [2.05, 4.69) is 29.1 Å². The second-order valence-corrected chi connectivity index (χ2v) is 5.27. The van der Waals surface area contributed by atoms with Crippen molar-refractivity contribution >= 4 is 11.3 Å². The maximum absolute atomic E-state index is 4.39. The van der Waals surface area contributed by atoms with Crippen molar-refractivity contribution in [1.29, 1.82) is 0 Å². The maximum Gasteiger partial charge on any atom is 0.125 e. The number of nitrogens with one attached hydrogen (secondary N) is 1. The monoisotopic (exact) mass is 250 g/mol. The third-order valence-corrected chi connectivity index (χ3v) is 3.90. The molecule has 0 saturated heterocycles. The van der Waals surface area contributed by atoms with Gasteiger partial charge in [0.25, 0.3) is 0 Å². The van der Waals surface area contributed by atoms with Crippen molar-refractivity contribution in [2.45, 2.75) is 32.9 Å². The summed E-state index contributed by atoms with van der Waals surface area (Å²) >= 11 is 1.78. The Balaban J connectivity index is 1.92. The van der Waals surface area contributed by atoms with Crippen LogP contribution in [0.4, 0.5) is 0 Å². The molecule has 0 radical (unpaired) electrons. The van der Waals surface area contributed by atoms with Crippen molar-refractivity contribution in [1.82, 2.24) is 19.9 Å². The van der Waals surface area contributed by atoms with E-state index < -0.39 is 0 Å². The number of nitrogens with zero attached hydrogens (tertiary/aromatic N) is 3. The number of hydrogen-bond donors (Lipinski definition) is 1. The van der Waals surface area contributed by atoms with Gasteiger partial charge in [0.2, 0.25) is 0 Å². The average molecular weight is 250 g/mol. The molecule has 0 aliphatic carbocycles. The second-order valence-electron chi connectivity index (χ2n) is 4.07. The van der Waals surface area contributed by atoms with E-state index in [9.17, 15) is 0 Å². The minimum Gasteiger partial charge on any atom is -0.337 e. The number of thiazole rings is 1. The van der Waals surface area contributed by atoms with Gasteiger partial charge in [-0.3, -0.25) is 0 Å². The van der Waals surface area contributed by atoms with Gasteiger partial charge in [-0.15, -0.1) is 11.3 Å². The van der Waals surface area contributed by atoms with Gasteiger partial charge >= 0.3 is 0 Å². The van der Waals surface area contributed by atoms with Crippen LogP contribution in [0.2, 0.25) is 0 Å². The Hall–Kier alpha value is -1.20. The lowest BCUT2D eigenvalue weighted by atomic mass is 10.3. The lowest BCUT2D eigenvalue weighted by Crippen LogP contribution is -2.20. The van der Waals surface area contributed by atoms with E-state index in [1.807, 2.05) is 30.2 Å². The van der Waals surface area contributed by atoms with Crippen molar-refractivity contribution in [3.05, 3.63) is 34.3 Å². The van der Waals surface area contributed by atoms with Gasteiger partial charge in [0.05, 0.1) is 6.04 Å². The molecule has 0 fully saturated rings. The Morgan fingerprint density at radius 3 is 2.88 bits per heavy atom. The van der Waals surface area contributed by atoms with Gasteiger partial charge < -0.3 is 9.88 Å². The fourth-order valence-corrected chi connectivity index (χ4v) is 2.53. The smallest absolute Gasteiger partial charge is 0.125 e. The Bertz CT molecular complexity index is 474. The summed E-state index contributed by atoms with van der Waals surface area (Å²) in [6.07, 6.45) is 6.82. The highest BCUT2D eigenvalue weighted by atomic mass is 32.1. The van der Waals surface area contributed by atoms with E-state index in [0.29, 0.717) is 0 Å². The first-order valence-electron chi connectivity index (χ1n) is 5.85. The van der Waals surface area contributed by atoms with Gasteiger partial charge in [0.1, 0.15) is 10.8 Å². The van der Waals surface area contributed by atoms with Crippen LogP contribution in [0.3, 0.4) is 0 Å². The van der Waals surface area contributed by atoms with Crippen LogP contribution in [0.15, 0.2) is 18.6 Å². The molecule has 5 heteroatoms. The van der Waals surface area contributed by atoms with Crippen molar-refractivity contribution in [2.24, 2.45) is 7.05 Å². The van der Waals surface area contributed by atoms with Crippen molar-refractivity contribution in [2.75, 3.05) is 0 Å². The van der Waals surface area contributed by atoms with Crippen molar-refractivity contribution < 1.29 is 0 Å². The molecule has 0 aliphatic rings. The fraction of sp³-hybridized carbons (Fsp3) is 0.500. The number of imidazole rings is 1. The van der Waals surface area contributed by atoms with Crippen LogP contribution >= 0.6 is 11.3 Å². The first kappa shape index (κ1) is 12.3. The van der Waals surface area contributed by atoms with Crippen LogP contribution in [0.1, 0.15) is 35.6 Å². The summed E-state index contributed by atoms with van der Waals surface area (Å²) in [6, 6.07) is 0.240. The Morgan fingerprint density at radius 1 is 1.47 bits per heavy atom. The highest BCUT2D eigenvalue weighted by Crippen LogP contribution is 2.15. The van der Waals surface area contributed by atoms with E-state index in [4.69, 9.17) is 0 Å². The Morgan fingerprint density at radius 2 is 2.29 bits per heavy atom. The minimum absolute atomic E-state index is 0.240. The van der Waals surface area contributed by atoms with Crippen LogP contribution in [0, 0.1) is 0 Å². The lowest BCUT2D eigenvalue weighted by Gasteiger charge is -2.12. The van der Waals surface area contributed by atoms with Crippen molar-refractivity contribution in [3.63, 3.8) is 0 Å². The molecule has 2 aromatic rings. The Kier molecular flexibility index (Phi) is 3.91. The molecular weight excluding hydrogens is 232 g/mol. The molecule has 4 nitrogen and oxygen atoms in total. The first-order valence-corrected chi connectivity index (χ1v) is 6.66. The lowest BCUT2D eigenvalue weighted by molar-refractivity contribution is 0.529. The quantitative estimate of drug-likeness (QED) is 0.885. The number of aromatic nitrogens is 3. The summed E-state index contributed by atoms with van der Waals surface area (Å²) in [4.78, 5) is 10.1. The van der Waals surface area contributed by atoms with Crippen molar-refractivity contribution in [3.8, 4) is 0 Å². The molecular formula is C12H18N4S. The van der Waals surface area contributed by atoms with E-state index in [1.165, 1.54) is 4.88 Å². The van der Waals surface area contributed by atoms with Crippen LogP contribution in [0.5, 0.6) is 0 Å². The molecule has 92 valence electrons. The second kappa shape index (κ2) is 5.42. The highest BCUT2D eigenvalue weighted by molar-refractivity contribution is 7.11. The summed E-state index contributed by atoms with van der Waals surface area (Å²) in [5.74, 6) is 1.05. The molecule has 1 atom stereocenters. The van der Waals surface area contributed by atoms with Gasteiger partial charge in [0, 0.05) is 37.1 Å². The summed E-state index contributed by atoms with van der Waals surface area (Å²) in [5, 5.41) is 4.59. The molecule has 0 saturated carbocycles. The molecule has 2 rings (SSSR count). The summed E-state index contributed by atoms with van der Waals surface area (Å²) < 4.78 is 2.04. The molecule has 2 aromatic heterocycles. The molecule has 17 heavy (non-hydrogen) atoms. The van der Waals surface area contributed by atoms with Crippen LogP contribution < -0.4 is 5.32 Å². The highest BCUT2D eigenvalue weighted by Gasteiger charge is 2.10. The van der Waals surface area contributed by atoms with E-state index >= 15 is 0 Å². The summed E-state index contributed by atoms with van der Waals surface area (Å²) in [5.41, 5.74) is 0. The van der Waals surface area contributed by atoms with Gasteiger partial charge in [-0.05, 0) is 13.3 Å². The van der Waals surface area contributed by atoms with Gasteiger partial charge in [0.15, 0.2) is 0 Å². The molecule has 1 N–H and O–H groups in total. The number of aryl methyl sites for hydroxylation is 2. The van der Waals surface area contributed by atoms with E-state index in [-0.39, 0.29) is 6.04 Å². The van der Waals surface area contributed by atoms with E-state index in [0.717, 1.165) is 23.8 Å². The zero-order valence-corrected chi connectivity index (χ0v) is 11.3. The first-order chi connectivity index (χ1) is 8.20. The van der Waals surface area contributed by atoms with Gasteiger partial charge in [-0.1, -0.05) is 6.92 Å². The third-order valence-electron chi connectivity index (χ3n) is 2.76. The topological polar surface area (TPSA) is 42.7 Å². The zero-order chi connectivity index (χ0) is 12.3. The minimum atomic E-state index is 0.240. The molecule has 0 bridgehead atoms. The maximum atomic E-state index is 4.39. The number of hydrogen-bond acceptors (Lipinski definition) is 4. The summed E-state index contributed by atoms with van der Waals surface area (Å²) in [7, 11) is 2.01. The molecule has 0 aliphatic heterocycles. The molecule has 0 amide bonds. The van der Waals surface area contributed by atoms with Gasteiger partial charge in [-0.2, -0.15) is 0 Å².